The molecule has 0 atom stereocenters. The van der Waals surface area contributed by atoms with Crippen LogP contribution in [0.15, 0.2) is 53.7 Å². The fraction of sp³-hybridized carbons (Fsp3) is 0.429. The van der Waals surface area contributed by atoms with E-state index < -0.39 is 0 Å². The lowest BCUT2D eigenvalue weighted by Crippen LogP contribution is -2.48. The number of ether oxygens (including phenoxy) is 1. The topological polar surface area (TPSA) is 58.5 Å². The molecule has 0 saturated carbocycles. The van der Waals surface area contributed by atoms with Crippen molar-refractivity contribution < 1.29 is 4.74 Å². The number of guanidine groups is 1. The van der Waals surface area contributed by atoms with E-state index in [1.807, 2.05) is 36.5 Å². The second-order valence-corrected chi connectivity index (χ2v) is 7.26. The summed E-state index contributed by atoms with van der Waals surface area (Å²) in [4.78, 5) is 8.72. The van der Waals surface area contributed by atoms with E-state index in [2.05, 4.69) is 32.7 Å². The number of benzene rings is 1. The Kier molecular flexibility index (Phi) is 9.47. The van der Waals surface area contributed by atoms with E-state index in [0.29, 0.717) is 0 Å². The molecule has 28 heavy (non-hydrogen) atoms. The quantitative estimate of drug-likeness (QED) is 0.350. The van der Waals surface area contributed by atoms with Crippen LogP contribution in [0.4, 0.5) is 0 Å². The molecule has 7 heteroatoms. The van der Waals surface area contributed by atoms with Crippen molar-refractivity contribution in [2.75, 3.05) is 33.4 Å². The van der Waals surface area contributed by atoms with Crippen LogP contribution in [0.25, 0.3) is 0 Å². The smallest absolute Gasteiger partial charge is 0.191 e. The lowest BCUT2D eigenvalue weighted by atomic mass is 9.74. The van der Waals surface area contributed by atoms with Gasteiger partial charge in [-0.05, 0) is 42.7 Å². The minimum Gasteiger partial charge on any atom is -0.381 e. The number of nitrogens with zero attached hydrogens (tertiary/aromatic N) is 2. The molecular weight excluding hydrogens is 487 g/mol. The van der Waals surface area contributed by atoms with Crippen LogP contribution in [0.1, 0.15) is 24.1 Å². The molecule has 1 fully saturated rings. The van der Waals surface area contributed by atoms with E-state index in [9.17, 15) is 0 Å². The summed E-state index contributed by atoms with van der Waals surface area (Å²) in [6.45, 7) is 3.10. The molecule has 0 bridgehead atoms. The van der Waals surface area contributed by atoms with Gasteiger partial charge in [0, 0.05) is 62.1 Å². The maximum Gasteiger partial charge on any atom is 0.191 e. The summed E-state index contributed by atoms with van der Waals surface area (Å²) >= 11 is 6.25. The normalized spacial score (nSPS) is 16.1. The molecule has 1 aromatic heterocycles. The molecule has 0 radical (unpaired) electrons. The Bertz CT molecular complexity index is 751. The largest absolute Gasteiger partial charge is 0.381 e. The van der Waals surface area contributed by atoms with Crippen LogP contribution in [0, 0.1) is 0 Å². The Hall–Kier alpha value is -1.38. The fourth-order valence-corrected chi connectivity index (χ4v) is 3.67. The Balaban J connectivity index is 0.00000280. The van der Waals surface area contributed by atoms with Gasteiger partial charge in [0.25, 0.3) is 0 Å². The van der Waals surface area contributed by atoms with Gasteiger partial charge in [0.2, 0.25) is 0 Å². The Morgan fingerprint density at radius 3 is 2.68 bits per heavy atom. The van der Waals surface area contributed by atoms with Gasteiger partial charge < -0.3 is 15.4 Å². The predicted molar refractivity (Wildman–Crippen MR) is 126 cm³/mol. The van der Waals surface area contributed by atoms with Crippen molar-refractivity contribution in [3.63, 3.8) is 0 Å². The molecular formula is C21H28ClIN4O. The number of hydrogen-bond donors (Lipinski definition) is 2. The van der Waals surface area contributed by atoms with Crippen LogP contribution in [-0.2, 0) is 16.6 Å². The summed E-state index contributed by atoms with van der Waals surface area (Å²) < 4.78 is 5.61. The molecule has 2 aromatic rings. The van der Waals surface area contributed by atoms with Crippen molar-refractivity contribution in [1.29, 1.82) is 0 Å². The van der Waals surface area contributed by atoms with Crippen LogP contribution in [0.3, 0.4) is 0 Å². The molecule has 5 nitrogen and oxygen atoms in total. The van der Waals surface area contributed by atoms with Gasteiger partial charge >= 0.3 is 0 Å². The molecule has 3 rings (SSSR count). The van der Waals surface area contributed by atoms with Gasteiger partial charge in [-0.25, -0.2) is 0 Å². The van der Waals surface area contributed by atoms with E-state index in [4.69, 9.17) is 16.3 Å². The summed E-state index contributed by atoms with van der Waals surface area (Å²) in [6, 6.07) is 14.2. The van der Waals surface area contributed by atoms with Crippen molar-refractivity contribution in [2.45, 2.75) is 24.7 Å². The van der Waals surface area contributed by atoms with Crippen molar-refractivity contribution >= 4 is 41.5 Å². The van der Waals surface area contributed by atoms with Gasteiger partial charge in [-0.1, -0.05) is 29.8 Å². The molecule has 1 aromatic carbocycles. The highest BCUT2D eigenvalue weighted by Crippen LogP contribution is 2.35. The van der Waals surface area contributed by atoms with E-state index in [0.717, 1.165) is 62.2 Å². The molecule has 1 saturated heterocycles. The van der Waals surface area contributed by atoms with Gasteiger partial charge in [-0.15, -0.1) is 24.0 Å². The molecule has 0 amide bonds. The van der Waals surface area contributed by atoms with Crippen molar-refractivity contribution in [3.05, 3.63) is 64.9 Å². The van der Waals surface area contributed by atoms with Crippen molar-refractivity contribution in [2.24, 2.45) is 4.99 Å². The summed E-state index contributed by atoms with van der Waals surface area (Å²) in [7, 11) is 1.80. The minimum atomic E-state index is 0. The first-order chi connectivity index (χ1) is 13.2. The van der Waals surface area contributed by atoms with E-state index in [1.54, 1.807) is 7.05 Å². The molecule has 0 spiro atoms. The van der Waals surface area contributed by atoms with Crippen LogP contribution >= 0.6 is 35.6 Å². The molecule has 2 heterocycles. The number of aliphatic imine (C=N–C) groups is 1. The highest BCUT2D eigenvalue weighted by molar-refractivity contribution is 14.0. The Morgan fingerprint density at radius 1 is 1.18 bits per heavy atom. The number of rotatable bonds is 6. The zero-order valence-electron chi connectivity index (χ0n) is 16.2. The summed E-state index contributed by atoms with van der Waals surface area (Å²) in [5, 5.41) is 7.66. The average molecular weight is 515 g/mol. The fourth-order valence-electron chi connectivity index (χ4n) is 3.48. The van der Waals surface area contributed by atoms with Crippen LogP contribution in [0.2, 0.25) is 5.02 Å². The molecule has 152 valence electrons. The van der Waals surface area contributed by atoms with Crippen molar-refractivity contribution in [1.82, 2.24) is 15.6 Å². The molecule has 0 aliphatic carbocycles. The summed E-state index contributed by atoms with van der Waals surface area (Å²) in [6.07, 6.45) is 4.60. The van der Waals surface area contributed by atoms with Gasteiger partial charge in [-0.2, -0.15) is 0 Å². The van der Waals surface area contributed by atoms with Crippen molar-refractivity contribution in [3.8, 4) is 0 Å². The second kappa shape index (κ2) is 11.6. The standard InChI is InChI=1S/C21H27ClN4O.HI/c1-23-20(25-12-8-19-7-2-3-11-24-19)26-16-21(9-13-27-14-10-21)17-5-4-6-18(22)15-17;/h2-7,11,15H,8-10,12-14,16H2,1H3,(H2,23,25,26);1H. The molecule has 1 aliphatic rings. The zero-order valence-corrected chi connectivity index (χ0v) is 19.2. The van der Waals surface area contributed by atoms with Crippen LogP contribution < -0.4 is 10.6 Å². The van der Waals surface area contributed by atoms with Gasteiger partial charge in [0.1, 0.15) is 0 Å². The average Bonchev–Trinajstić information content (AvgIpc) is 2.72. The third-order valence-corrected chi connectivity index (χ3v) is 5.34. The maximum absolute atomic E-state index is 6.25. The van der Waals surface area contributed by atoms with Gasteiger partial charge in [-0.3, -0.25) is 9.98 Å². The van der Waals surface area contributed by atoms with Crippen LogP contribution in [0.5, 0.6) is 0 Å². The van der Waals surface area contributed by atoms with Crippen LogP contribution in [-0.4, -0.2) is 44.3 Å². The molecule has 2 N–H and O–H groups in total. The van der Waals surface area contributed by atoms with E-state index >= 15 is 0 Å². The molecule has 1 aliphatic heterocycles. The second-order valence-electron chi connectivity index (χ2n) is 6.83. The summed E-state index contributed by atoms with van der Waals surface area (Å²) in [5.74, 6) is 0.804. The number of aromatic nitrogens is 1. The summed E-state index contributed by atoms with van der Waals surface area (Å²) in [5.41, 5.74) is 2.33. The van der Waals surface area contributed by atoms with Gasteiger partial charge in [0.05, 0.1) is 0 Å². The number of pyridine rings is 1. The first kappa shape index (κ1) is 22.9. The zero-order chi connectivity index (χ0) is 19.0. The number of halogens is 2. The first-order valence-electron chi connectivity index (χ1n) is 9.40. The first-order valence-corrected chi connectivity index (χ1v) is 9.78. The number of hydrogen-bond acceptors (Lipinski definition) is 3. The van der Waals surface area contributed by atoms with Gasteiger partial charge in [0.15, 0.2) is 5.96 Å². The minimum absolute atomic E-state index is 0. The predicted octanol–water partition coefficient (Wildman–Crippen LogP) is 3.81. The van der Waals surface area contributed by atoms with E-state index in [1.165, 1.54) is 5.56 Å². The highest BCUT2D eigenvalue weighted by atomic mass is 127. The third kappa shape index (κ3) is 6.32. The lowest BCUT2D eigenvalue weighted by molar-refractivity contribution is 0.0514. The lowest BCUT2D eigenvalue weighted by Gasteiger charge is -2.38. The third-order valence-electron chi connectivity index (χ3n) is 5.10. The maximum atomic E-state index is 6.25. The monoisotopic (exact) mass is 514 g/mol. The molecule has 0 unspecified atom stereocenters. The Morgan fingerprint density at radius 2 is 2.00 bits per heavy atom. The Labute approximate surface area is 189 Å². The highest BCUT2D eigenvalue weighted by Gasteiger charge is 2.34. The number of nitrogens with one attached hydrogen (secondary N) is 2. The SMILES string of the molecule is CN=C(NCCc1ccccn1)NCC1(c2cccc(Cl)c2)CCOCC1.I. The van der Waals surface area contributed by atoms with E-state index in [-0.39, 0.29) is 29.4 Å².